The Bertz CT molecular complexity index is 798. The third kappa shape index (κ3) is 2.79. The highest BCUT2D eigenvalue weighted by atomic mass is 16.5. The van der Waals surface area contributed by atoms with E-state index in [9.17, 15) is 9.59 Å². The van der Waals surface area contributed by atoms with E-state index in [0.717, 1.165) is 13.0 Å². The second-order valence-corrected chi connectivity index (χ2v) is 6.54. The molecule has 0 bridgehead atoms. The molecule has 2 heterocycles. The lowest BCUT2D eigenvalue weighted by Crippen LogP contribution is -2.37. The van der Waals surface area contributed by atoms with Crippen molar-refractivity contribution in [1.82, 2.24) is 10.1 Å². The Labute approximate surface area is 139 Å². The van der Waals surface area contributed by atoms with Crippen LogP contribution in [0.25, 0.3) is 0 Å². The highest BCUT2D eigenvalue weighted by Gasteiger charge is 2.49. The van der Waals surface area contributed by atoms with E-state index in [1.807, 2.05) is 17.0 Å². The number of carbonyl (C=O) groups is 2. The van der Waals surface area contributed by atoms with Gasteiger partial charge in [0, 0.05) is 19.2 Å². The Hall–Kier alpha value is -2.63. The maximum Gasteiger partial charge on any atom is 0.229 e. The fraction of sp³-hybridized carbons (Fsp3) is 0.389. The summed E-state index contributed by atoms with van der Waals surface area (Å²) in [7, 11) is 0. The normalized spacial score (nSPS) is 22.0. The number of hydrogen-bond donors (Lipinski definition) is 1. The highest BCUT2D eigenvalue weighted by molar-refractivity contribution is 5.99. The van der Waals surface area contributed by atoms with Crippen LogP contribution in [0.1, 0.15) is 23.3 Å². The minimum absolute atomic E-state index is 0.0842. The summed E-state index contributed by atoms with van der Waals surface area (Å²) in [5, 5.41) is 6.46. The first-order chi connectivity index (χ1) is 11.6. The summed E-state index contributed by atoms with van der Waals surface area (Å²) >= 11 is 0. The molecule has 24 heavy (non-hydrogen) atoms. The molecule has 4 rings (SSSR count). The SMILES string of the molecule is Cc1cc(NC(=O)C2CC2C(=O)N2CCc3ccccc3C2)no1. The smallest absolute Gasteiger partial charge is 0.229 e. The molecule has 0 radical (unpaired) electrons. The second kappa shape index (κ2) is 5.78. The van der Waals surface area contributed by atoms with Crippen LogP contribution in [0.2, 0.25) is 0 Å². The quantitative estimate of drug-likeness (QED) is 0.938. The second-order valence-electron chi connectivity index (χ2n) is 6.54. The van der Waals surface area contributed by atoms with Gasteiger partial charge in [-0.3, -0.25) is 9.59 Å². The van der Waals surface area contributed by atoms with Gasteiger partial charge in [0.25, 0.3) is 0 Å². The van der Waals surface area contributed by atoms with Gasteiger partial charge in [0.15, 0.2) is 5.82 Å². The predicted octanol–water partition coefficient (Wildman–Crippen LogP) is 2.14. The van der Waals surface area contributed by atoms with E-state index in [0.29, 0.717) is 24.5 Å². The molecule has 1 fully saturated rings. The molecule has 1 aromatic heterocycles. The molecule has 1 N–H and O–H groups in total. The van der Waals surface area contributed by atoms with E-state index in [2.05, 4.69) is 22.6 Å². The predicted molar refractivity (Wildman–Crippen MR) is 87.0 cm³/mol. The number of fused-ring (bicyclic) bond motifs is 1. The van der Waals surface area contributed by atoms with Crippen molar-refractivity contribution in [2.45, 2.75) is 26.3 Å². The Kier molecular flexibility index (Phi) is 3.59. The number of benzene rings is 1. The summed E-state index contributed by atoms with van der Waals surface area (Å²) in [5.74, 6) is 0.512. The zero-order valence-electron chi connectivity index (χ0n) is 13.5. The average Bonchev–Trinajstić information content (AvgIpc) is 3.30. The van der Waals surface area contributed by atoms with Crippen molar-refractivity contribution < 1.29 is 14.1 Å². The van der Waals surface area contributed by atoms with Crippen LogP contribution in [0, 0.1) is 18.8 Å². The molecular weight excluding hydrogens is 306 g/mol. The van der Waals surface area contributed by atoms with E-state index in [1.54, 1.807) is 13.0 Å². The van der Waals surface area contributed by atoms with Crippen molar-refractivity contribution >= 4 is 17.6 Å². The van der Waals surface area contributed by atoms with Gasteiger partial charge in [0.1, 0.15) is 5.76 Å². The molecule has 2 aliphatic rings. The van der Waals surface area contributed by atoms with Crippen LogP contribution >= 0.6 is 0 Å². The number of carbonyl (C=O) groups excluding carboxylic acids is 2. The number of amides is 2. The molecule has 124 valence electrons. The molecule has 1 aliphatic carbocycles. The molecule has 1 aromatic carbocycles. The number of anilines is 1. The standard InChI is InChI=1S/C18H19N3O3/c1-11-8-16(20-24-11)19-17(22)14-9-15(14)18(23)21-7-6-12-4-2-3-5-13(12)10-21/h2-5,8,14-15H,6-7,9-10H2,1H3,(H,19,20,22). The molecule has 2 atom stereocenters. The van der Waals surface area contributed by atoms with Gasteiger partial charge in [0.05, 0.1) is 11.8 Å². The van der Waals surface area contributed by atoms with Crippen LogP contribution in [0.5, 0.6) is 0 Å². The number of nitrogens with zero attached hydrogens (tertiary/aromatic N) is 2. The molecular formula is C18H19N3O3. The van der Waals surface area contributed by atoms with Crippen LogP contribution in [-0.2, 0) is 22.6 Å². The Morgan fingerprint density at radius 3 is 2.79 bits per heavy atom. The first-order valence-corrected chi connectivity index (χ1v) is 8.21. The molecule has 6 heteroatoms. The number of rotatable bonds is 3. The van der Waals surface area contributed by atoms with Crippen molar-refractivity contribution in [2.75, 3.05) is 11.9 Å². The Morgan fingerprint density at radius 2 is 2.04 bits per heavy atom. The molecule has 2 unspecified atom stereocenters. The molecule has 2 aromatic rings. The van der Waals surface area contributed by atoms with E-state index in [4.69, 9.17) is 4.52 Å². The van der Waals surface area contributed by atoms with Crippen LogP contribution in [0.4, 0.5) is 5.82 Å². The van der Waals surface area contributed by atoms with Crippen molar-refractivity contribution in [3.05, 3.63) is 47.2 Å². The van der Waals surface area contributed by atoms with E-state index in [1.165, 1.54) is 11.1 Å². The summed E-state index contributed by atoms with van der Waals surface area (Å²) in [6, 6.07) is 9.88. The molecule has 6 nitrogen and oxygen atoms in total. The summed E-state index contributed by atoms with van der Waals surface area (Å²) in [6.45, 7) is 3.13. The van der Waals surface area contributed by atoms with Crippen molar-refractivity contribution in [2.24, 2.45) is 11.8 Å². The van der Waals surface area contributed by atoms with Crippen LogP contribution in [0.15, 0.2) is 34.9 Å². The third-order valence-corrected chi connectivity index (χ3v) is 4.77. The van der Waals surface area contributed by atoms with Gasteiger partial charge in [-0.05, 0) is 30.9 Å². The van der Waals surface area contributed by atoms with E-state index >= 15 is 0 Å². The largest absolute Gasteiger partial charge is 0.360 e. The molecule has 0 saturated heterocycles. The van der Waals surface area contributed by atoms with Gasteiger partial charge in [-0.2, -0.15) is 0 Å². The van der Waals surface area contributed by atoms with Crippen molar-refractivity contribution in [3.8, 4) is 0 Å². The maximum absolute atomic E-state index is 12.7. The average molecular weight is 325 g/mol. The molecule has 1 saturated carbocycles. The monoisotopic (exact) mass is 325 g/mol. The van der Waals surface area contributed by atoms with Crippen LogP contribution in [-0.4, -0.2) is 28.4 Å². The van der Waals surface area contributed by atoms with Crippen molar-refractivity contribution in [1.29, 1.82) is 0 Å². The fourth-order valence-electron chi connectivity index (χ4n) is 3.32. The lowest BCUT2D eigenvalue weighted by atomic mass is 9.99. The van der Waals surface area contributed by atoms with Gasteiger partial charge >= 0.3 is 0 Å². The van der Waals surface area contributed by atoms with Gasteiger partial charge in [-0.15, -0.1) is 0 Å². The first-order valence-electron chi connectivity index (χ1n) is 8.21. The van der Waals surface area contributed by atoms with Gasteiger partial charge in [-0.25, -0.2) is 0 Å². The van der Waals surface area contributed by atoms with Crippen LogP contribution < -0.4 is 5.32 Å². The topological polar surface area (TPSA) is 75.4 Å². The lowest BCUT2D eigenvalue weighted by molar-refractivity contribution is -0.135. The van der Waals surface area contributed by atoms with E-state index < -0.39 is 0 Å². The molecule has 1 aliphatic heterocycles. The minimum atomic E-state index is -0.258. The summed E-state index contributed by atoms with van der Waals surface area (Å²) in [6.07, 6.45) is 1.49. The van der Waals surface area contributed by atoms with Crippen molar-refractivity contribution in [3.63, 3.8) is 0 Å². The number of nitrogens with one attached hydrogen (secondary N) is 1. The lowest BCUT2D eigenvalue weighted by Gasteiger charge is -2.29. The zero-order valence-corrected chi connectivity index (χ0v) is 13.5. The van der Waals surface area contributed by atoms with Crippen LogP contribution in [0.3, 0.4) is 0 Å². The summed E-state index contributed by atoms with van der Waals surface area (Å²) in [5.41, 5.74) is 2.52. The summed E-state index contributed by atoms with van der Waals surface area (Å²) < 4.78 is 4.93. The minimum Gasteiger partial charge on any atom is -0.360 e. The Morgan fingerprint density at radius 1 is 1.25 bits per heavy atom. The number of aromatic nitrogens is 1. The van der Waals surface area contributed by atoms with Gasteiger partial charge < -0.3 is 14.7 Å². The third-order valence-electron chi connectivity index (χ3n) is 4.77. The van der Waals surface area contributed by atoms with E-state index in [-0.39, 0.29) is 23.7 Å². The van der Waals surface area contributed by atoms with Gasteiger partial charge in [-0.1, -0.05) is 29.4 Å². The van der Waals surface area contributed by atoms with Gasteiger partial charge in [0.2, 0.25) is 11.8 Å². The summed E-state index contributed by atoms with van der Waals surface area (Å²) in [4.78, 5) is 26.7. The highest BCUT2D eigenvalue weighted by Crippen LogP contribution is 2.41. The zero-order chi connectivity index (χ0) is 16.7. The maximum atomic E-state index is 12.7. The fourth-order valence-corrected chi connectivity index (χ4v) is 3.32. The molecule has 2 amide bonds. The number of aryl methyl sites for hydroxylation is 1. The number of hydrogen-bond acceptors (Lipinski definition) is 4. The molecule has 0 spiro atoms. The Balaban J connectivity index is 1.36. The first kappa shape index (κ1) is 14.9.